The summed E-state index contributed by atoms with van der Waals surface area (Å²) in [6, 6.07) is 7.93. The summed E-state index contributed by atoms with van der Waals surface area (Å²) in [6.45, 7) is 4.45. The van der Waals surface area contributed by atoms with E-state index in [4.69, 9.17) is 15.2 Å². The molecule has 0 aliphatic rings. The summed E-state index contributed by atoms with van der Waals surface area (Å²) < 4.78 is 53.1. The van der Waals surface area contributed by atoms with Crippen molar-refractivity contribution in [2.75, 3.05) is 63.9 Å². The Balaban J connectivity index is 1.66. The van der Waals surface area contributed by atoms with Gasteiger partial charge in [-0.25, -0.2) is 23.1 Å². The topological polar surface area (TPSA) is 107 Å². The fraction of sp³-hybridized carbons (Fsp3) is 0.393. The van der Waals surface area contributed by atoms with Crippen molar-refractivity contribution >= 4 is 34.0 Å². The fourth-order valence-electron chi connectivity index (χ4n) is 4.37. The zero-order chi connectivity index (χ0) is 29.8. The van der Waals surface area contributed by atoms with Crippen LogP contribution in [0.5, 0.6) is 11.8 Å². The van der Waals surface area contributed by atoms with Crippen LogP contribution in [0.15, 0.2) is 36.5 Å². The van der Waals surface area contributed by atoms with Crippen LogP contribution in [0, 0.1) is 5.82 Å². The highest BCUT2D eigenvalue weighted by molar-refractivity contribution is 5.84. The SMILES string of the molecule is COc1cc(N(C)CCN(C)C)c(N)cc1Nc1nccc(-c2cc(F)c3nc(OCC(F)F)n(C(C)C)c3c2)n1. The summed E-state index contributed by atoms with van der Waals surface area (Å²) in [4.78, 5) is 17.2. The van der Waals surface area contributed by atoms with E-state index in [-0.39, 0.29) is 23.5 Å². The first-order chi connectivity index (χ1) is 19.5. The molecule has 2 heterocycles. The van der Waals surface area contributed by atoms with Gasteiger partial charge in [0.15, 0.2) is 12.4 Å². The summed E-state index contributed by atoms with van der Waals surface area (Å²) in [5.74, 6) is 0.160. The van der Waals surface area contributed by atoms with E-state index in [1.165, 1.54) is 6.07 Å². The third-order valence-corrected chi connectivity index (χ3v) is 6.41. The van der Waals surface area contributed by atoms with Gasteiger partial charge < -0.3 is 30.3 Å². The minimum absolute atomic E-state index is 0.0231. The molecule has 10 nitrogen and oxygen atoms in total. The lowest BCUT2D eigenvalue weighted by Crippen LogP contribution is -2.29. The lowest BCUT2D eigenvalue weighted by Gasteiger charge is -2.24. The van der Waals surface area contributed by atoms with Crippen LogP contribution in [-0.4, -0.2) is 78.8 Å². The van der Waals surface area contributed by atoms with E-state index in [1.54, 1.807) is 36.1 Å². The Labute approximate surface area is 236 Å². The second kappa shape index (κ2) is 12.5. The van der Waals surface area contributed by atoms with Crippen molar-refractivity contribution in [2.24, 2.45) is 0 Å². The van der Waals surface area contributed by atoms with Crippen molar-refractivity contribution in [2.45, 2.75) is 26.3 Å². The maximum Gasteiger partial charge on any atom is 0.297 e. The van der Waals surface area contributed by atoms with Crippen molar-refractivity contribution in [1.29, 1.82) is 0 Å². The van der Waals surface area contributed by atoms with Crippen molar-refractivity contribution in [1.82, 2.24) is 24.4 Å². The van der Waals surface area contributed by atoms with E-state index in [0.717, 1.165) is 18.8 Å². The van der Waals surface area contributed by atoms with E-state index < -0.39 is 18.8 Å². The molecule has 41 heavy (non-hydrogen) atoms. The third kappa shape index (κ3) is 6.73. The molecule has 0 spiro atoms. The molecule has 4 rings (SSSR count). The van der Waals surface area contributed by atoms with Crippen molar-refractivity contribution in [3.8, 4) is 23.0 Å². The number of hydrogen-bond donors (Lipinski definition) is 2. The Kier molecular flexibility index (Phi) is 9.06. The van der Waals surface area contributed by atoms with Crippen LogP contribution in [-0.2, 0) is 0 Å². The third-order valence-electron chi connectivity index (χ3n) is 6.41. The first kappa shape index (κ1) is 29.7. The van der Waals surface area contributed by atoms with Gasteiger partial charge in [-0.3, -0.25) is 4.57 Å². The zero-order valence-corrected chi connectivity index (χ0v) is 24.0. The minimum Gasteiger partial charge on any atom is -0.494 e. The molecule has 0 fully saturated rings. The number of aromatic nitrogens is 4. The molecule has 0 unspecified atom stereocenters. The molecule has 0 radical (unpaired) electrons. The van der Waals surface area contributed by atoms with Crippen LogP contribution >= 0.6 is 0 Å². The van der Waals surface area contributed by atoms with Crippen LogP contribution < -0.4 is 25.4 Å². The number of ether oxygens (including phenoxy) is 2. The van der Waals surface area contributed by atoms with Crippen LogP contribution in [0.2, 0.25) is 0 Å². The van der Waals surface area contributed by atoms with Crippen LogP contribution in [0.3, 0.4) is 0 Å². The number of nitrogen functional groups attached to an aromatic ring is 1. The molecule has 0 aliphatic carbocycles. The highest BCUT2D eigenvalue weighted by atomic mass is 19.3. The molecule has 2 aromatic carbocycles. The van der Waals surface area contributed by atoms with Gasteiger partial charge in [-0.2, -0.15) is 4.98 Å². The number of hydrogen-bond acceptors (Lipinski definition) is 9. The molecule has 3 N–H and O–H groups in total. The Morgan fingerprint density at radius 1 is 1.07 bits per heavy atom. The summed E-state index contributed by atoms with van der Waals surface area (Å²) in [6.07, 6.45) is -1.14. The minimum atomic E-state index is -2.68. The van der Waals surface area contributed by atoms with Gasteiger partial charge in [-0.15, -0.1) is 0 Å². The van der Waals surface area contributed by atoms with Gasteiger partial charge in [0.05, 0.1) is 35.4 Å². The number of benzene rings is 2. The zero-order valence-electron chi connectivity index (χ0n) is 24.0. The molecule has 0 aliphatic heterocycles. The highest BCUT2D eigenvalue weighted by Gasteiger charge is 2.21. The standard InChI is InChI=1S/C28H35F3N8O2/c1-16(2)39-23-12-17(11-18(29)26(23)36-28(39)41-15-25(30)31)20-7-8-33-27(34-20)35-21-13-19(32)22(14-24(21)40-6)38(5)10-9-37(3)4/h7-8,11-14,16,25H,9-10,15,32H2,1-6H3,(H,33,34,35). The number of halogens is 3. The highest BCUT2D eigenvalue weighted by Crippen LogP contribution is 2.37. The Hall–Kier alpha value is -4.26. The maximum atomic E-state index is 15.2. The lowest BCUT2D eigenvalue weighted by molar-refractivity contribution is 0.0746. The van der Waals surface area contributed by atoms with Crippen LogP contribution in [0.1, 0.15) is 19.9 Å². The molecule has 0 bridgehead atoms. The Bertz CT molecular complexity index is 1510. The number of nitrogens with two attached hydrogens (primary N) is 1. The van der Waals surface area contributed by atoms with E-state index in [1.807, 2.05) is 41.1 Å². The number of methoxy groups -OCH3 is 1. The Morgan fingerprint density at radius 2 is 1.83 bits per heavy atom. The lowest BCUT2D eigenvalue weighted by atomic mass is 10.1. The number of alkyl halides is 2. The molecule has 220 valence electrons. The molecule has 0 atom stereocenters. The molecule has 13 heteroatoms. The van der Waals surface area contributed by atoms with Crippen molar-refractivity contribution < 1.29 is 22.6 Å². The van der Waals surface area contributed by atoms with Crippen LogP contribution in [0.4, 0.5) is 36.2 Å². The molecule has 0 saturated heterocycles. The molecule has 0 saturated carbocycles. The average molecular weight is 573 g/mol. The number of imidazole rings is 1. The Morgan fingerprint density at radius 3 is 2.49 bits per heavy atom. The van der Waals surface area contributed by atoms with Crippen molar-refractivity contribution in [3.05, 3.63) is 42.3 Å². The van der Waals surface area contributed by atoms with Gasteiger partial charge in [0.25, 0.3) is 12.4 Å². The predicted molar refractivity (Wildman–Crippen MR) is 155 cm³/mol. The maximum absolute atomic E-state index is 15.2. The number of likely N-dealkylation sites (N-methyl/N-ethyl adjacent to an activating group) is 2. The summed E-state index contributed by atoms with van der Waals surface area (Å²) in [7, 11) is 7.54. The number of nitrogens with zero attached hydrogens (tertiary/aromatic N) is 6. The second-order valence-electron chi connectivity index (χ2n) is 10.1. The van der Waals surface area contributed by atoms with Crippen LogP contribution in [0.25, 0.3) is 22.3 Å². The number of anilines is 4. The average Bonchev–Trinajstić information content (AvgIpc) is 3.30. The molecular weight excluding hydrogens is 537 g/mol. The van der Waals surface area contributed by atoms with E-state index in [9.17, 15) is 8.78 Å². The second-order valence-corrected chi connectivity index (χ2v) is 10.1. The summed E-state index contributed by atoms with van der Waals surface area (Å²) in [5, 5.41) is 3.15. The number of rotatable bonds is 12. The van der Waals surface area contributed by atoms with E-state index >= 15 is 4.39 Å². The first-order valence-corrected chi connectivity index (χ1v) is 13.0. The predicted octanol–water partition coefficient (Wildman–Crippen LogP) is 5.19. The van der Waals surface area contributed by atoms with Gasteiger partial charge in [-0.05, 0) is 52.2 Å². The molecule has 0 amide bonds. The van der Waals surface area contributed by atoms with Gasteiger partial charge in [0.2, 0.25) is 5.95 Å². The van der Waals surface area contributed by atoms with Gasteiger partial charge >= 0.3 is 0 Å². The smallest absolute Gasteiger partial charge is 0.297 e. The largest absolute Gasteiger partial charge is 0.494 e. The van der Waals surface area contributed by atoms with Gasteiger partial charge in [0.1, 0.15) is 11.3 Å². The van der Waals surface area contributed by atoms with Gasteiger partial charge in [0, 0.05) is 44.0 Å². The number of nitrogens with one attached hydrogen (secondary N) is 1. The van der Waals surface area contributed by atoms with E-state index in [2.05, 4.69) is 30.1 Å². The fourth-order valence-corrected chi connectivity index (χ4v) is 4.37. The summed E-state index contributed by atoms with van der Waals surface area (Å²) in [5.41, 5.74) is 9.62. The molecule has 4 aromatic rings. The van der Waals surface area contributed by atoms with Gasteiger partial charge in [-0.1, -0.05) is 0 Å². The summed E-state index contributed by atoms with van der Waals surface area (Å²) >= 11 is 0. The first-order valence-electron chi connectivity index (χ1n) is 13.0. The number of fused-ring (bicyclic) bond motifs is 1. The monoisotopic (exact) mass is 572 g/mol. The molecular formula is C28H35F3N8O2. The molecule has 2 aromatic heterocycles. The normalized spacial score (nSPS) is 11.6. The van der Waals surface area contributed by atoms with Crippen molar-refractivity contribution in [3.63, 3.8) is 0 Å². The quantitative estimate of drug-likeness (QED) is 0.222. The van der Waals surface area contributed by atoms with E-state index in [0.29, 0.717) is 33.9 Å².